The Balaban J connectivity index is 1.73. The predicted molar refractivity (Wildman–Crippen MR) is 78.3 cm³/mol. The van der Waals surface area contributed by atoms with Crippen LogP contribution in [0.5, 0.6) is 5.75 Å². The van der Waals surface area contributed by atoms with Crippen molar-refractivity contribution in [3.8, 4) is 5.75 Å². The molecule has 2 fully saturated rings. The second kappa shape index (κ2) is 6.51. The van der Waals surface area contributed by atoms with Crippen LogP contribution in [0.3, 0.4) is 0 Å². The van der Waals surface area contributed by atoms with E-state index in [0.717, 1.165) is 38.9 Å². The van der Waals surface area contributed by atoms with Gasteiger partial charge < -0.3 is 14.2 Å². The fraction of sp³-hybridized carbons (Fsp3) is 0.625. The fourth-order valence-electron chi connectivity index (χ4n) is 3.13. The Kier molecular flexibility index (Phi) is 4.67. The first-order valence-electron chi connectivity index (χ1n) is 7.44. The van der Waals surface area contributed by atoms with E-state index >= 15 is 0 Å². The Hall–Kier alpha value is -0.840. The van der Waals surface area contributed by atoms with Crippen LogP contribution in [-0.2, 0) is 15.4 Å². The normalized spacial score (nSPS) is 25.0. The molecule has 116 valence electrons. The van der Waals surface area contributed by atoms with Crippen molar-refractivity contribution >= 4 is 11.6 Å². The van der Waals surface area contributed by atoms with E-state index in [-0.39, 0.29) is 23.4 Å². The zero-order chi connectivity index (χ0) is 14.7. The third-order valence-corrected chi connectivity index (χ3v) is 4.62. The largest absolute Gasteiger partial charge is 0.487 e. The molecule has 2 aliphatic heterocycles. The molecule has 2 aliphatic rings. The summed E-state index contributed by atoms with van der Waals surface area (Å²) in [6, 6.07) is 4.87. The van der Waals surface area contributed by atoms with Crippen LogP contribution in [-0.4, -0.2) is 31.5 Å². The summed E-state index contributed by atoms with van der Waals surface area (Å²) in [4.78, 5) is 0. The standard InChI is InChI=1S/C16H20ClFO3/c17-11-12-2-1-3-14(18)15(12)21-13-4-7-20-16(10-13)5-8-19-9-6-16/h1-3,13H,4-11H2. The summed E-state index contributed by atoms with van der Waals surface area (Å²) in [7, 11) is 0. The minimum atomic E-state index is -0.347. The van der Waals surface area contributed by atoms with E-state index in [1.54, 1.807) is 12.1 Å². The van der Waals surface area contributed by atoms with Crippen molar-refractivity contribution in [2.75, 3.05) is 19.8 Å². The summed E-state index contributed by atoms with van der Waals surface area (Å²) in [5, 5.41) is 0. The Bertz CT molecular complexity index is 483. The van der Waals surface area contributed by atoms with Crippen LogP contribution in [0.25, 0.3) is 0 Å². The second-order valence-electron chi connectivity index (χ2n) is 5.74. The van der Waals surface area contributed by atoms with E-state index in [2.05, 4.69) is 0 Å². The molecular formula is C16H20ClFO3. The van der Waals surface area contributed by atoms with Crippen LogP contribution in [0.4, 0.5) is 4.39 Å². The Morgan fingerprint density at radius 1 is 1.29 bits per heavy atom. The van der Waals surface area contributed by atoms with E-state index in [0.29, 0.717) is 17.9 Å². The summed E-state index contributed by atoms with van der Waals surface area (Å²) in [6.45, 7) is 2.09. The van der Waals surface area contributed by atoms with E-state index in [4.69, 9.17) is 25.8 Å². The number of halogens is 2. The molecule has 1 atom stereocenters. The van der Waals surface area contributed by atoms with E-state index in [9.17, 15) is 4.39 Å². The van der Waals surface area contributed by atoms with Gasteiger partial charge in [-0.3, -0.25) is 0 Å². The molecular weight excluding hydrogens is 295 g/mol. The molecule has 2 heterocycles. The maximum atomic E-state index is 14.0. The number of benzene rings is 1. The lowest BCUT2D eigenvalue weighted by molar-refractivity contribution is -0.156. The minimum absolute atomic E-state index is 0.0317. The summed E-state index contributed by atoms with van der Waals surface area (Å²) >= 11 is 5.88. The molecule has 0 amide bonds. The van der Waals surface area contributed by atoms with E-state index < -0.39 is 0 Å². The molecule has 0 saturated carbocycles. The average molecular weight is 315 g/mol. The van der Waals surface area contributed by atoms with Gasteiger partial charge in [-0.25, -0.2) is 4.39 Å². The summed E-state index contributed by atoms with van der Waals surface area (Å²) < 4.78 is 31.3. The Morgan fingerprint density at radius 3 is 2.86 bits per heavy atom. The first-order valence-corrected chi connectivity index (χ1v) is 7.98. The number of ether oxygens (including phenoxy) is 3. The van der Waals surface area contributed by atoms with Crippen LogP contribution >= 0.6 is 11.6 Å². The highest BCUT2D eigenvalue weighted by Crippen LogP contribution is 2.37. The van der Waals surface area contributed by atoms with E-state index in [1.807, 2.05) is 0 Å². The van der Waals surface area contributed by atoms with Gasteiger partial charge in [0, 0.05) is 31.6 Å². The highest BCUT2D eigenvalue weighted by Gasteiger charge is 2.40. The molecule has 1 unspecified atom stereocenters. The van der Waals surface area contributed by atoms with Crippen molar-refractivity contribution in [2.45, 2.75) is 43.3 Å². The number of hydrogen-bond acceptors (Lipinski definition) is 3. The van der Waals surface area contributed by atoms with Gasteiger partial charge in [-0.1, -0.05) is 12.1 Å². The molecule has 2 saturated heterocycles. The van der Waals surface area contributed by atoms with Crippen molar-refractivity contribution in [2.24, 2.45) is 0 Å². The number of hydrogen-bond donors (Lipinski definition) is 0. The molecule has 1 aromatic rings. The lowest BCUT2D eigenvalue weighted by Gasteiger charge is -2.43. The Labute approximate surface area is 129 Å². The second-order valence-corrected chi connectivity index (χ2v) is 6.01. The van der Waals surface area contributed by atoms with Gasteiger partial charge >= 0.3 is 0 Å². The van der Waals surface area contributed by atoms with Crippen molar-refractivity contribution in [3.05, 3.63) is 29.6 Å². The highest BCUT2D eigenvalue weighted by atomic mass is 35.5. The molecule has 1 aromatic carbocycles. The highest BCUT2D eigenvalue weighted by molar-refractivity contribution is 6.17. The zero-order valence-electron chi connectivity index (χ0n) is 11.9. The van der Waals surface area contributed by atoms with Crippen LogP contribution in [0.15, 0.2) is 18.2 Å². The van der Waals surface area contributed by atoms with Gasteiger partial charge in [-0.15, -0.1) is 11.6 Å². The van der Waals surface area contributed by atoms with Gasteiger partial charge in [-0.2, -0.15) is 0 Å². The van der Waals surface area contributed by atoms with Crippen LogP contribution in [0, 0.1) is 5.82 Å². The lowest BCUT2D eigenvalue weighted by Crippen LogP contribution is -2.47. The molecule has 1 spiro atoms. The predicted octanol–water partition coefficient (Wildman–Crippen LogP) is 3.67. The smallest absolute Gasteiger partial charge is 0.165 e. The monoisotopic (exact) mass is 314 g/mol. The molecule has 3 nitrogen and oxygen atoms in total. The van der Waals surface area contributed by atoms with Crippen molar-refractivity contribution in [3.63, 3.8) is 0 Å². The van der Waals surface area contributed by atoms with Crippen molar-refractivity contribution < 1.29 is 18.6 Å². The molecule has 0 aliphatic carbocycles. The summed E-state index contributed by atoms with van der Waals surface area (Å²) in [5.41, 5.74) is 0.539. The van der Waals surface area contributed by atoms with Crippen LogP contribution in [0.1, 0.15) is 31.2 Å². The van der Waals surface area contributed by atoms with Crippen LogP contribution < -0.4 is 4.74 Å². The quantitative estimate of drug-likeness (QED) is 0.797. The molecule has 0 aromatic heterocycles. The molecule has 21 heavy (non-hydrogen) atoms. The first-order chi connectivity index (χ1) is 10.2. The van der Waals surface area contributed by atoms with Gasteiger partial charge in [0.1, 0.15) is 6.10 Å². The molecule has 5 heteroatoms. The van der Waals surface area contributed by atoms with E-state index in [1.165, 1.54) is 6.07 Å². The van der Waals surface area contributed by atoms with Gasteiger partial charge in [0.15, 0.2) is 11.6 Å². The Morgan fingerprint density at radius 2 is 2.10 bits per heavy atom. The maximum Gasteiger partial charge on any atom is 0.165 e. The number of alkyl halides is 1. The van der Waals surface area contributed by atoms with Crippen LogP contribution in [0.2, 0.25) is 0 Å². The van der Waals surface area contributed by atoms with Gasteiger partial charge in [0.05, 0.1) is 18.1 Å². The minimum Gasteiger partial charge on any atom is -0.487 e. The third kappa shape index (κ3) is 3.33. The average Bonchev–Trinajstić information content (AvgIpc) is 2.50. The summed E-state index contributed by atoms with van der Waals surface area (Å²) in [6.07, 6.45) is 3.29. The third-order valence-electron chi connectivity index (χ3n) is 4.33. The summed E-state index contributed by atoms with van der Waals surface area (Å²) in [5.74, 6) is 0.192. The lowest BCUT2D eigenvalue weighted by atomic mass is 9.85. The van der Waals surface area contributed by atoms with Gasteiger partial charge in [0.2, 0.25) is 0 Å². The maximum absolute atomic E-state index is 14.0. The van der Waals surface area contributed by atoms with Gasteiger partial charge in [0.25, 0.3) is 0 Å². The molecule has 0 bridgehead atoms. The SMILES string of the molecule is Fc1cccc(CCl)c1OC1CCOC2(CCOCC2)C1. The number of rotatable bonds is 3. The van der Waals surface area contributed by atoms with Crippen molar-refractivity contribution in [1.29, 1.82) is 0 Å². The van der Waals surface area contributed by atoms with Crippen molar-refractivity contribution in [1.82, 2.24) is 0 Å². The molecule has 0 N–H and O–H groups in total. The van der Waals surface area contributed by atoms with Gasteiger partial charge in [-0.05, 0) is 18.9 Å². The zero-order valence-corrected chi connectivity index (χ0v) is 12.7. The topological polar surface area (TPSA) is 27.7 Å². The molecule has 0 radical (unpaired) electrons. The molecule has 3 rings (SSSR count). The number of para-hydroxylation sites is 1. The fourth-order valence-corrected chi connectivity index (χ4v) is 3.34. The first kappa shape index (κ1) is 15.1.